The quantitative estimate of drug-likeness (QED) is 0.299. The zero-order chi connectivity index (χ0) is 24.1. The highest BCUT2D eigenvalue weighted by atomic mass is 28.3. The van der Waals surface area contributed by atoms with Crippen molar-refractivity contribution in [1.29, 1.82) is 0 Å². The highest BCUT2D eigenvalue weighted by Crippen LogP contribution is 2.35. The maximum atomic E-state index is 6.00. The lowest BCUT2D eigenvalue weighted by Gasteiger charge is -2.38. The van der Waals surface area contributed by atoms with Crippen molar-refractivity contribution in [2.45, 2.75) is 58.3 Å². The highest BCUT2D eigenvalue weighted by molar-refractivity contribution is 6.76. The van der Waals surface area contributed by atoms with Crippen molar-refractivity contribution in [2.24, 2.45) is 5.92 Å². The minimum atomic E-state index is -1.10. The van der Waals surface area contributed by atoms with Gasteiger partial charge in [-0.3, -0.25) is 4.90 Å². The Morgan fingerprint density at radius 2 is 1.94 bits per heavy atom. The lowest BCUT2D eigenvalue weighted by atomic mass is 9.92. The summed E-state index contributed by atoms with van der Waals surface area (Å²) in [4.78, 5) is 7.25. The molecule has 3 heterocycles. The minimum absolute atomic E-state index is 0.341. The van der Waals surface area contributed by atoms with E-state index in [0.29, 0.717) is 18.7 Å². The smallest absolute Gasteiger partial charge is 0.161 e. The van der Waals surface area contributed by atoms with E-state index in [1.807, 2.05) is 6.20 Å². The van der Waals surface area contributed by atoms with Gasteiger partial charge in [0.15, 0.2) is 5.75 Å². The van der Waals surface area contributed by atoms with E-state index in [9.17, 15) is 0 Å². The third kappa shape index (κ3) is 6.20. The molecule has 0 bridgehead atoms. The number of nitrogens with one attached hydrogen (secondary N) is 1. The second-order valence-corrected chi connectivity index (χ2v) is 16.4. The number of fused-ring (bicyclic) bond motifs is 1. The van der Waals surface area contributed by atoms with Gasteiger partial charge in [0, 0.05) is 45.4 Å². The van der Waals surface area contributed by atoms with Gasteiger partial charge in [-0.05, 0) is 36.6 Å². The van der Waals surface area contributed by atoms with E-state index in [4.69, 9.17) is 14.5 Å². The fourth-order valence-electron chi connectivity index (χ4n) is 4.56. The van der Waals surface area contributed by atoms with Crippen LogP contribution in [-0.4, -0.2) is 55.4 Å². The fourth-order valence-corrected chi connectivity index (χ4v) is 5.32. The van der Waals surface area contributed by atoms with Gasteiger partial charge in [-0.1, -0.05) is 56.9 Å². The first kappa shape index (κ1) is 24.8. The molecule has 1 aromatic carbocycles. The largest absolute Gasteiger partial charge is 0.493 e. The first-order valence-corrected chi connectivity index (χ1v) is 16.2. The molecule has 0 amide bonds. The van der Waals surface area contributed by atoms with Gasteiger partial charge in [-0.2, -0.15) is 0 Å². The lowest BCUT2D eigenvalue weighted by molar-refractivity contribution is 0.0899. The molecule has 2 atom stereocenters. The highest BCUT2D eigenvalue weighted by Gasteiger charge is 2.28. The average Bonchev–Trinajstić information content (AvgIpc) is 3.22. The molecule has 184 valence electrons. The van der Waals surface area contributed by atoms with Crippen LogP contribution in [0.4, 0.5) is 5.69 Å². The molecule has 0 unspecified atom stereocenters. The molecule has 34 heavy (non-hydrogen) atoms. The molecule has 0 spiro atoms. The van der Waals surface area contributed by atoms with Gasteiger partial charge in [0.05, 0.1) is 19.0 Å². The number of hydrogen-bond acceptors (Lipinski definition) is 5. The molecule has 1 aliphatic heterocycles. The molecule has 1 saturated heterocycles. The predicted molar refractivity (Wildman–Crippen MR) is 143 cm³/mol. The van der Waals surface area contributed by atoms with Crippen molar-refractivity contribution in [3.8, 4) is 5.75 Å². The van der Waals surface area contributed by atoms with Gasteiger partial charge >= 0.3 is 0 Å². The van der Waals surface area contributed by atoms with E-state index in [1.54, 1.807) is 7.11 Å². The van der Waals surface area contributed by atoms with Gasteiger partial charge in [-0.15, -0.1) is 0 Å². The topological polar surface area (TPSA) is 51.6 Å². The number of nitrogens with zero attached hydrogens (tertiary/aromatic N) is 3. The Kier molecular flexibility index (Phi) is 7.96. The standard InChI is InChI=1S/C27H40N4O2Si/c1-21-11-13-30(18-22-9-7-6-8-10-22)19-24(21)29-26-23-12-14-31(20-33-15-16-34(3,4)5)27(23)28-17-25(26)32-2/h6-10,12,14,17,21,24H,11,13,15-16,18-20H2,1-5H3,(H,28,29)/t21-,24+/m1/s1. The summed E-state index contributed by atoms with van der Waals surface area (Å²) in [7, 11) is 0.622. The molecule has 7 heteroatoms. The number of benzene rings is 1. The SMILES string of the molecule is COc1cnc2c(ccn2COCC[Si](C)(C)C)c1N[C@H]1CN(Cc2ccccc2)CC[C@H]1C. The minimum Gasteiger partial charge on any atom is -0.493 e. The number of anilines is 1. The first-order chi connectivity index (χ1) is 16.3. The molecule has 2 aromatic heterocycles. The molecule has 1 N–H and O–H groups in total. The number of aromatic nitrogens is 2. The maximum absolute atomic E-state index is 6.00. The maximum Gasteiger partial charge on any atom is 0.161 e. The van der Waals surface area contributed by atoms with E-state index >= 15 is 0 Å². The van der Waals surface area contributed by atoms with Crippen molar-refractivity contribution in [3.05, 3.63) is 54.4 Å². The zero-order valence-corrected chi connectivity index (χ0v) is 22.4. The molecule has 0 radical (unpaired) electrons. The van der Waals surface area contributed by atoms with Crippen LogP contribution in [-0.2, 0) is 18.0 Å². The third-order valence-electron chi connectivity index (χ3n) is 6.82. The number of rotatable bonds is 10. The molecular formula is C27H40N4O2Si. The Bertz CT molecular complexity index is 1060. The lowest BCUT2D eigenvalue weighted by Crippen LogP contribution is -2.46. The fraction of sp³-hybridized carbons (Fsp3) is 0.519. The first-order valence-electron chi connectivity index (χ1n) is 12.5. The average molecular weight is 481 g/mol. The number of piperidine rings is 1. The summed E-state index contributed by atoms with van der Waals surface area (Å²) in [5, 5.41) is 4.94. The monoisotopic (exact) mass is 480 g/mol. The van der Waals surface area contributed by atoms with Crippen molar-refractivity contribution >= 4 is 24.8 Å². The molecule has 0 aliphatic carbocycles. The van der Waals surface area contributed by atoms with Crippen LogP contribution in [0, 0.1) is 5.92 Å². The normalized spacial score (nSPS) is 19.4. The van der Waals surface area contributed by atoms with Gasteiger partial charge < -0.3 is 19.4 Å². The van der Waals surface area contributed by atoms with Crippen molar-refractivity contribution in [1.82, 2.24) is 14.5 Å². The summed E-state index contributed by atoms with van der Waals surface area (Å²) in [5.41, 5.74) is 3.33. The number of likely N-dealkylation sites (tertiary alicyclic amines) is 1. The molecule has 3 aromatic rings. The Morgan fingerprint density at radius 1 is 1.15 bits per heavy atom. The Labute approximate surface area is 205 Å². The molecule has 4 rings (SSSR count). The molecule has 1 fully saturated rings. The van der Waals surface area contributed by atoms with Gasteiger partial charge in [0.1, 0.15) is 12.4 Å². The second kappa shape index (κ2) is 10.9. The summed E-state index contributed by atoms with van der Waals surface area (Å²) in [6.45, 7) is 13.9. The third-order valence-corrected chi connectivity index (χ3v) is 8.53. The number of ether oxygens (including phenoxy) is 2. The van der Waals surface area contributed by atoms with Crippen molar-refractivity contribution < 1.29 is 9.47 Å². The van der Waals surface area contributed by atoms with E-state index in [-0.39, 0.29) is 0 Å². The molecule has 0 saturated carbocycles. The van der Waals surface area contributed by atoms with Crippen LogP contribution in [0.2, 0.25) is 25.7 Å². The van der Waals surface area contributed by atoms with Gasteiger partial charge in [0.25, 0.3) is 0 Å². The number of methoxy groups -OCH3 is 1. The molecular weight excluding hydrogens is 440 g/mol. The Balaban J connectivity index is 1.49. The van der Waals surface area contributed by atoms with Gasteiger partial charge in [-0.25, -0.2) is 4.98 Å². The number of hydrogen-bond donors (Lipinski definition) is 1. The van der Waals surface area contributed by atoms with Crippen LogP contribution >= 0.6 is 0 Å². The van der Waals surface area contributed by atoms with E-state index in [0.717, 1.165) is 48.7 Å². The van der Waals surface area contributed by atoms with Crippen LogP contribution in [0.5, 0.6) is 5.75 Å². The summed E-state index contributed by atoms with van der Waals surface area (Å²) < 4.78 is 13.8. The van der Waals surface area contributed by atoms with E-state index in [1.165, 1.54) is 18.0 Å². The molecule has 6 nitrogen and oxygen atoms in total. The second-order valence-electron chi connectivity index (χ2n) is 10.8. The van der Waals surface area contributed by atoms with Crippen molar-refractivity contribution in [2.75, 3.05) is 32.1 Å². The summed E-state index contributed by atoms with van der Waals surface area (Å²) in [5.74, 6) is 1.37. The summed E-state index contributed by atoms with van der Waals surface area (Å²) in [6.07, 6.45) is 5.08. The van der Waals surface area contributed by atoms with Crippen molar-refractivity contribution in [3.63, 3.8) is 0 Å². The van der Waals surface area contributed by atoms with E-state index in [2.05, 4.69) is 83.9 Å². The molecule has 1 aliphatic rings. The summed E-state index contributed by atoms with van der Waals surface area (Å²) >= 11 is 0. The Morgan fingerprint density at radius 3 is 2.68 bits per heavy atom. The van der Waals surface area contributed by atoms with Crippen LogP contribution in [0.3, 0.4) is 0 Å². The zero-order valence-electron chi connectivity index (χ0n) is 21.4. The van der Waals surface area contributed by atoms with Crippen LogP contribution < -0.4 is 10.1 Å². The number of pyridine rings is 1. The Hall–Kier alpha value is -2.35. The predicted octanol–water partition coefficient (Wildman–Crippen LogP) is 5.68. The van der Waals surface area contributed by atoms with Crippen LogP contribution in [0.15, 0.2) is 48.8 Å². The van der Waals surface area contributed by atoms with Crippen LogP contribution in [0.25, 0.3) is 11.0 Å². The van der Waals surface area contributed by atoms with Gasteiger partial charge in [0.2, 0.25) is 0 Å². The van der Waals surface area contributed by atoms with Crippen LogP contribution in [0.1, 0.15) is 18.9 Å². The van der Waals surface area contributed by atoms with E-state index < -0.39 is 8.07 Å². The summed E-state index contributed by atoms with van der Waals surface area (Å²) in [6, 6.07) is 14.4.